The van der Waals surface area contributed by atoms with E-state index < -0.39 is 6.04 Å². The van der Waals surface area contributed by atoms with E-state index in [-0.39, 0.29) is 24.3 Å². The van der Waals surface area contributed by atoms with Crippen molar-refractivity contribution in [3.05, 3.63) is 71.3 Å². The maximum Gasteiger partial charge on any atom is 0.242 e. The van der Waals surface area contributed by atoms with E-state index in [1.54, 1.807) is 11.8 Å². The number of carbonyl (C=O) groups excluding carboxylic acids is 2. The van der Waals surface area contributed by atoms with E-state index in [0.717, 1.165) is 23.1 Å². The SMILES string of the molecule is CC[C@@H](C)NC(=O)[C@H](C)N(Cc1cccc(C)c1)C(=O)Cc1ccccc1. The van der Waals surface area contributed by atoms with Crippen molar-refractivity contribution in [2.24, 2.45) is 0 Å². The van der Waals surface area contributed by atoms with Gasteiger partial charge in [0.25, 0.3) is 0 Å². The predicted octanol–water partition coefficient (Wildman–Crippen LogP) is 3.87. The number of benzene rings is 2. The number of nitrogens with zero attached hydrogens (tertiary/aromatic N) is 1. The van der Waals surface area contributed by atoms with Crippen LogP contribution in [0.3, 0.4) is 0 Å². The highest BCUT2D eigenvalue weighted by atomic mass is 16.2. The lowest BCUT2D eigenvalue weighted by molar-refractivity contribution is -0.140. The van der Waals surface area contributed by atoms with Crippen LogP contribution in [0.1, 0.15) is 43.9 Å². The van der Waals surface area contributed by atoms with Gasteiger partial charge in [-0.05, 0) is 38.3 Å². The van der Waals surface area contributed by atoms with E-state index in [1.807, 2.05) is 69.3 Å². The Kier molecular flexibility index (Phi) is 7.59. The molecule has 2 atom stereocenters. The van der Waals surface area contributed by atoms with Crippen molar-refractivity contribution >= 4 is 11.8 Å². The normalized spacial score (nSPS) is 12.9. The van der Waals surface area contributed by atoms with Crippen LogP contribution in [0.4, 0.5) is 0 Å². The van der Waals surface area contributed by atoms with E-state index in [1.165, 1.54) is 0 Å². The van der Waals surface area contributed by atoms with Crippen molar-refractivity contribution in [1.82, 2.24) is 10.2 Å². The van der Waals surface area contributed by atoms with Crippen LogP contribution in [-0.2, 0) is 22.6 Å². The average Bonchev–Trinajstić information content (AvgIpc) is 2.66. The minimum Gasteiger partial charge on any atom is -0.352 e. The smallest absolute Gasteiger partial charge is 0.242 e. The summed E-state index contributed by atoms with van der Waals surface area (Å²) in [5.41, 5.74) is 3.12. The van der Waals surface area contributed by atoms with Crippen LogP contribution in [0.2, 0.25) is 0 Å². The quantitative estimate of drug-likeness (QED) is 0.771. The van der Waals surface area contributed by atoms with E-state index in [9.17, 15) is 9.59 Å². The average molecular weight is 367 g/mol. The van der Waals surface area contributed by atoms with Gasteiger partial charge in [-0.2, -0.15) is 0 Å². The van der Waals surface area contributed by atoms with Gasteiger partial charge in [-0.25, -0.2) is 0 Å². The molecule has 0 heterocycles. The fourth-order valence-corrected chi connectivity index (χ4v) is 2.93. The highest BCUT2D eigenvalue weighted by Gasteiger charge is 2.26. The summed E-state index contributed by atoms with van der Waals surface area (Å²) in [5.74, 6) is -0.159. The van der Waals surface area contributed by atoms with E-state index in [4.69, 9.17) is 0 Å². The maximum absolute atomic E-state index is 13.0. The topological polar surface area (TPSA) is 49.4 Å². The molecule has 144 valence electrons. The molecule has 0 radical (unpaired) electrons. The molecule has 4 heteroatoms. The van der Waals surface area contributed by atoms with Crippen molar-refractivity contribution in [2.45, 2.75) is 59.2 Å². The van der Waals surface area contributed by atoms with Crippen molar-refractivity contribution < 1.29 is 9.59 Å². The van der Waals surface area contributed by atoms with E-state index in [2.05, 4.69) is 11.4 Å². The number of aryl methyl sites for hydroxylation is 1. The summed E-state index contributed by atoms with van der Waals surface area (Å²) < 4.78 is 0. The number of amides is 2. The molecule has 0 saturated heterocycles. The van der Waals surface area contributed by atoms with E-state index >= 15 is 0 Å². The van der Waals surface area contributed by atoms with Gasteiger partial charge < -0.3 is 10.2 Å². The first-order valence-electron chi connectivity index (χ1n) is 9.60. The molecule has 2 aromatic rings. The molecule has 1 N–H and O–H groups in total. The van der Waals surface area contributed by atoms with Gasteiger partial charge in [0.2, 0.25) is 11.8 Å². The number of nitrogens with one attached hydrogen (secondary N) is 1. The molecule has 0 bridgehead atoms. The Morgan fingerprint density at radius 2 is 1.67 bits per heavy atom. The zero-order valence-electron chi connectivity index (χ0n) is 16.7. The van der Waals surface area contributed by atoms with Crippen molar-refractivity contribution in [3.8, 4) is 0 Å². The maximum atomic E-state index is 13.0. The van der Waals surface area contributed by atoms with Gasteiger partial charge in [-0.15, -0.1) is 0 Å². The number of carbonyl (C=O) groups is 2. The fraction of sp³-hybridized carbons (Fsp3) is 0.391. The van der Waals surface area contributed by atoms with Crippen molar-refractivity contribution in [3.63, 3.8) is 0 Å². The predicted molar refractivity (Wildman–Crippen MR) is 109 cm³/mol. The zero-order valence-corrected chi connectivity index (χ0v) is 16.7. The minimum atomic E-state index is -0.532. The first-order valence-corrected chi connectivity index (χ1v) is 9.60. The summed E-state index contributed by atoms with van der Waals surface area (Å²) in [4.78, 5) is 27.4. The van der Waals surface area contributed by atoms with Crippen LogP contribution < -0.4 is 5.32 Å². The monoisotopic (exact) mass is 366 g/mol. The molecule has 0 unspecified atom stereocenters. The highest BCUT2D eigenvalue weighted by molar-refractivity contribution is 5.88. The lowest BCUT2D eigenvalue weighted by atomic mass is 10.1. The van der Waals surface area contributed by atoms with Crippen LogP contribution in [-0.4, -0.2) is 28.8 Å². The largest absolute Gasteiger partial charge is 0.352 e. The third-order valence-corrected chi connectivity index (χ3v) is 4.80. The molecule has 4 nitrogen and oxygen atoms in total. The molecule has 0 aliphatic heterocycles. The van der Waals surface area contributed by atoms with Gasteiger partial charge in [-0.1, -0.05) is 67.1 Å². The fourth-order valence-electron chi connectivity index (χ4n) is 2.93. The standard InChI is InChI=1S/C23H30N2O2/c1-5-18(3)24-23(27)19(4)25(16-21-13-9-10-17(2)14-21)22(26)15-20-11-7-6-8-12-20/h6-14,18-19H,5,15-16H2,1-4H3,(H,24,27)/t18-,19+/m1/s1. The molecule has 0 aromatic heterocycles. The molecule has 0 saturated carbocycles. The van der Waals surface area contributed by atoms with Gasteiger partial charge >= 0.3 is 0 Å². The Labute approximate surface area is 162 Å². The van der Waals surface area contributed by atoms with Crippen LogP contribution in [0.5, 0.6) is 0 Å². The lowest BCUT2D eigenvalue weighted by Crippen LogP contribution is -2.49. The van der Waals surface area contributed by atoms with Crippen LogP contribution in [0.15, 0.2) is 54.6 Å². The second kappa shape index (κ2) is 9.91. The molecule has 0 aliphatic rings. The Balaban J connectivity index is 2.21. The Bertz CT molecular complexity index is 758. The van der Waals surface area contributed by atoms with Crippen molar-refractivity contribution in [1.29, 1.82) is 0 Å². The number of hydrogen-bond donors (Lipinski definition) is 1. The molecule has 2 aromatic carbocycles. The Morgan fingerprint density at radius 3 is 2.30 bits per heavy atom. The van der Waals surface area contributed by atoms with Crippen LogP contribution in [0.25, 0.3) is 0 Å². The molecular formula is C23H30N2O2. The zero-order chi connectivity index (χ0) is 19.8. The Morgan fingerprint density at radius 1 is 1.00 bits per heavy atom. The van der Waals surface area contributed by atoms with Gasteiger partial charge in [0, 0.05) is 12.6 Å². The highest BCUT2D eigenvalue weighted by Crippen LogP contribution is 2.14. The first kappa shape index (κ1) is 20.7. The van der Waals surface area contributed by atoms with Gasteiger partial charge in [0.15, 0.2) is 0 Å². The molecular weight excluding hydrogens is 336 g/mol. The molecule has 2 amide bonds. The number of rotatable bonds is 8. The summed E-state index contributed by atoms with van der Waals surface area (Å²) in [6.07, 6.45) is 1.14. The second-order valence-electron chi connectivity index (χ2n) is 7.17. The molecule has 0 fully saturated rings. The van der Waals surface area contributed by atoms with E-state index in [0.29, 0.717) is 6.54 Å². The molecule has 27 heavy (non-hydrogen) atoms. The molecule has 0 aliphatic carbocycles. The summed E-state index contributed by atoms with van der Waals surface area (Å²) in [6.45, 7) is 8.25. The van der Waals surface area contributed by atoms with Gasteiger partial charge in [0.1, 0.15) is 6.04 Å². The van der Waals surface area contributed by atoms with Crippen LogP contribution in [0, 0.1) is 6.92 Å². The minimum absolute atomic E-state index is 0.0468. The molecule has 2 rings (SSSR count). The summed E-state index contributed by atoms with van der Waals surface area (Å²) in [6, 6.07) is 17.3. The summed E-state index contributed by atoms with van der Waals surface area (Å²) in [5, 5.41) is 2.99. The first-order chi connectivity index (χ1) is 12.9. The summed E-state index contributed by atoms with van der Waals surface area (Å²) >= 11 is 0. The third kappa shape index (κ3) is 6.24. The van der Waals surface area contributed by atoms with Gasteiger partial charge in [0.05, 0.1) is 6.42 Å². The van der Waals surface area contributed by atoms with Crippen molar-refractivity contribution in [2.75, 3.05) is 0 Å². The van der Waals surface area contributed by atoms with Gasteiger partial charge in [-0.3, -0.25) is 9.59 Å². The number of hydrogen-bond acceptors (Lipinski definition) is 2. The summed E-state index contributed by atoms with van der Waals surface area (Å²) in [7, 11) is 0. The van der Waals surface area contributed by atoms with Crippen LogP contribution >= 0.6 is 0 Å². The third-order valence-electron chi connectivity index (χ3n) is 4.80. The lowest BCUT2D eigenvalue weighted by Gasteiger charge is -2.30. The molecule has 0 spiro atoms. The second-order valence-corrected chi connectivity index (χ2v) is 7.17. The Hall–Kier alpha value is -2.62.